The van der Waals surface area contributed by atoms with Gasteiger partial charge in [0, 0.05) is 5.39 Å². The second-order valence-corrected chi connectivity index (χ2v) is 6.19. The van der Waals surface area contributed by atoms with Crippen molar-refractivity contribution in [2.24, 2.45) is 0 Å². The van der Waals surface area contributed by atoms with E-state index in [0.29, 0.717) is 5.39 Å². The summed E-state index contributed by atoms with van der Waals surface area (Å²) in [5, 5.41) is 0.281. The van der Waals surface area contributed by atoms with Crippen LogP contribution in [-0.2, 0) is 20.2 Å². The van der Waals surface area contributed by atoms with Gasteiger partial charge in [0.1, 0.15) is 20.2 Å². The molecular formula is C10H6Cs2O6S2. The smallest absolute Gasteiger partial charge is 0.744 e. The van der Waals surface area contributed by atoms with Gasteiger partial charge >= 0.3 is 138 Å². The van der Waals surface area contributed by atoms with Gasteiger partial charge in [-0.05, 0) is 11.5 Å². The zero-order valence-corrected chi connectivity index (χ0v) is 24.9. The van der Waals surface area contributed by atoms with Gasteiger partial charge in [0.2, 0.25) is 0 Å². The second kappa shape index (κ2) is 8.64. The van der Waals surface area contributed by atoms with E-state index in [-0.39, 0.29) is 143 Å². The molecule has 20 heavy (non-hydrogen) atoms. The molecule has 0 unspecified atom stereocenters. The van der Waals surface area contributed by atoms with Gasteiger partial charge in [-0.25, -0.2) is 16.8 Å². The third-order valence-electron chi connectivity index (χ3n) is 2.36. The van der Waals surface area contributed by atoms with E-state index in [1.54, 1.807) is 6.07 Å². The van der Waals surface area contributed by atoms with E-state index in [2.05, 4.69) is 0 Å². The van der Waals surface area contributed by atoms with Crippen LogP contribution < -0.4 is 138 Å². The third-order valence-corrected chi connectivity index (χ3v) is 4.31. The molecule has 10 heteroatoms. The fourth-order valence-electron chi connectivity index (χ4n) is 1.68. The summed E-state index contributed by atoms with van der Waals surface area (Å²) in [5.74, 6) is 0. The average molecular weight is 552 g/mol. The van der Waals surface area contributed by atoms with E-state index in [1.165, 1.54) is 24.3 Å². The zero-order valence-electron chi connectivity index (χ0n) is 10.7. The maximum absolute atomic E-state index is 11.2. The first kappa shape index (κ1) is 22.6. The topological polar surface area (TPSA) is 114 Å². The number of rotatable bonds is 2. The maximum Gasteiger partial charge on any atom is 1.00 e. The van der Waals surface area contributed by atoms with Crippen LogP contribution in [0, 0.1) is 0 Å². The van der Waals surface area contributed by atoms with Crippen molar-refractivity contribution in [2.45, 2.75) is 9.79 Å². The Bertz CT molecular complexity index is 830. The molecule has 0 aliphatic heterocycles. The molecule has 0 saturated carbocycles. The molecule has 0 aliphatic rings. The van der Waals surface area contributed by atoms with E-state index in [1.807, 2.05) is 0 Å². The molecule has 0 spiro atoms. The molecule has 0 aromatic heterocycles. The maximum atomic E-state index is 11.2. The molecule has 96 valence electrons. The van der Waals surface area contributed by atoms with Crippen molar-refractivity contribution in [3.63, 3.8) is 0 Å². The van der Waals surface area contributed by atoms with Gasteiger partial charge in [0.15, 0.2) is 0 Å². The molecule has 2 rings (SSSR count). The molecule has 0 aliphatic carbocycles. The first-order valence-corrected chi connectivity index (χ1v) is 7.46. The van der Waals surface area contributed by atoms with Crippen molar-refractivity contribution >= 4 is 31.0 Å². The van der Waals surface area contributed by atoms with Gasteiger partial charge in [-0.1, -0.05) is 30.3 Å². The molecule has 0 heterocycles. The summed E-state index contributed by atoms with van der Waals surface area (Å²) < 4.78 is 66.4. The summed E-state index contributed by atoms with van der Waals surface area (Å²) in [6.07, 6.45) is 0. The van der Waals surface area contributed by atoms with Crippen molar-refractivity contribution in [3.8, 4) is 0 Å². The Morgan fingerprint density at radius 3 is 1.80 bits per heavy atom. The Morgan fingerprint density at radius 1 is 0.750 bits per heavy atom. The molecule has 0 atom stereocenters. The summed E-state index contributed by atoms with van der Waals surface area (Å²) in [5.41, 5.74) is 0. The molecule has 0 radical (unpaired) electrons. The quantitative estimate of drug-likeness (QED) is 0.344. The monoisotopic (exact) mass is 552 g/mol. The minimum absolute atomic E-state index is 0. The number of benzene rings is 2. The minimum Gasteiger partial charge on any atom is -0.744 e. The molecule has 6 nitrogen and oxygen atoms in total. The van der Waals surface area contributed by atoms with E-state index in [0.717, 1.165) is 6.07 Å². The fourth-order valence-corrected chi connectivity index (χ4v) is 3.63. The van der Waals surface area contributed by atoms with Crippen molar-refractivity contribution < 1.29 is 164 Å². The van der Waals surface area contributed by atoms with Gasteiger partial charge in [0.05, 0.1) is 9.79 Å². The van der Waals surface area contributed by atoms with Gasteiger partial charge in [-0.2, -0.15) is 0 Å². The second-order valence-electron chi connectivity index (χ2n) is 3.52. The minimum atomic E-state index is -5.07. The van der Waals surface area contributed by atoms with Crippen LogP contribution in [-0.4, -0.2) is 25.9 Å². The fraction of sp³-hybridized carbons (Fsp3) is 0. The molecule has 0 fully saturated rings. The molecule has 0 bridgehead atoms. The Hall–Kier alpha value is 2.62. The predicted molar refractivity (Wildman–Crippen MR) is 59.9 cm³/mol. The van der Waals surface area contributed by atoms with Crippen LogP contribution >= 0.6 is 0 Å². The Kier molecular flexibility index (Phi) is 9.78. The van der Waals surface area contributed by atoms with Gasteiger partial charge < -0.3 is 9.11 Å². The summed E-state index contributed by atoms with van der Waals surface area (Å²) >= 11 is 0. The van der Waals surface area contributed by atoms with E-state index in [4.69, 9.17) is 0 Å². The van der Waals surface area contributed by atoms with Gasteiger partial charge in [0.25, 0.3) is 0 Å². The number of hydrogen-bond donors (Lipinski definition) is 0. The SMILES string of the molecule is O=S(=O)([O-])c1ccc2ccccc2c1S(=O)(=O)[O-].[Cs+].[Cs+]. The van der Waals surface area contributed by atoms with E-state index < -0.39 is 30.0 Å². The summed E-state index contributed by atoms with van der Waals surface area (Å²) in [7, 11) is -10.1. The molecule has 0 N–H and O–H groups in total. The molecule has 2 aromatic carbocycles. The van der Waals surface area contributed by atoms with Crippen LogP contribution in [0.1, 0.15) is 0 Å². The molecule has 2 aromatic rings. The van der Waals surface area contributed by atoms with Crippen LogP contribution in [0.2, 0.25) is 0 Å². The average Bonchev–Trinajstić information content (AvgIpc) is 2.24. The van der Waals surface area contributed by atoms with Gasteiger partial charge in [-0.15, -0.1) is 0 Å². The Morgan fingerprint density at radius 2 is 1.30 bits per heavy atom. The molecular weight excluding hydrogens is 546 g/mol. The van der Waals surface area contributed by atoms with Crippen LogP contribution in [0.5, 0.6) is 0 Å². The van der Waals surface area contributed by atoms with Crippen LogP contribution in [0.4, 0.5) is 0 Å². The Labute approximate surface area is 234 Å². The number of fused-ring (bicyclic) bond motifs is 1. The summed E-state index contributed by atoms with van der Waals surface area (Å²) in [6.45, 7) is 0. The standard InChI is InChI=1S/C10H8O6S2.2Cs/c11-17(12,13)9-6-5-7-3-1-2-4-8(7)10(9)18(14,15)16;;/h1-6H,(H,11,12,13)(H,14,15,16);;/q;2*+1/p-2. The van der Waals surface area contributed by atoms with Crippen molar-refractivity contribution in [1.82, 2.24) is 0 Å². The first-order chi connectivity index (χ1) is 8.21. The largest absolute Gasteiger partial charge is 1.00 e. The summed E-state index contributed by atoms with van der Waals surface area (Å²) in [6, 6.07) is 7.91. The Balaban J connectivity index is 0.00000180. The van der Waals surface area contributed by atoms with Crippen LogP contribution in [0.15, 0.2) is 46.2 Å². The van der Waals surface area contributed by atoms with Crippen LogP contribution in [0.3, 0.4) is 0 Å². The van der Waals surface area contributed by atoms with Crippen molar-refractivity contribution in [1.29, 1.82) is 0 Å². The first-order valence-electron chi connectivity index (χ1n) is 4.65. The third kappa shape index (κ3) is 5.32. The van der Waals surface area contributed by atoms with E-state index in [9.17, 15) is 25.9 Å². The normalized spacial score (nSPS) is 11.5. The number of hydrogen-bond acceptors (Lipinski definition) is 6. The van der Waals surface area contributed by atoms with Crippen molar-refractivity contribution in [2.75, 3.05) is 0 Å². The molecule has 0 amide bonds. The van der Waals surface area contributed by atoms with Crippen molar-refractivity contribution in [3.05, 3.63) is 36.4 Å². The summed E-state index contributed by atoms with van der Waals surface area (Å²) in [4.78, 5) is -2.01. The van der Waals surface area contributed by atoms with E-state index >= 15 is 0 Å². The molecule has 0 saturated heterocycles. The predicted octanol–water partition coefficient (Wildman–Crippen LogP) is -5.34. The van der Waals surface area contributed by atoms with Crippen LogP contribution in [0.25, 0.3) is 10.8 Å². The zero-order chi connectivity index (χ0) is 13.6. The van der Waals surface area contributed by atoms with Gasteiger partial charge in [-0.3, -0.25) is 0 Å².